The number of ether oxygens (including phenoxy) is 1. The lowest BCUT2D eigenvalue weighted by molar-refractivity contribution is 0.0671. The minimum atomic E-state index is -0.460. The number of halogens is 2. The van der Waals surface area contributed by atoms with Crippen LogP contribution in [0, 0.1) is 11.6 Å². The van der Waals surface area contributed by atoms with E-state index in [1.54, 1.807) is 9.80 Å². The maximum atomic E-state index is 13.2. The average Bonchev–Trinajstić information content (AvgIpc) is 2.69. The summed E-state index contributed by atoms with van der Waals surface area (Å²) in [6.45, 7) is 1.43. The second kappa shape index (κ2) is 8.03. The Kier molecular flexibility index (Phi) is 5.54. The van der Waals surface area contributed by atoms with E-state index in [9.17, 15) is 18.4 Å². The van der Waals surface area contributed by atoms with Crippen molar-refractivity contribution in [2.24, 2.45) is 0 Å². The van der Waals surface area contributed by atoms with Crippen molar-refractivity contribution in [2.45, 2.75) is 0 Å². The van der Waals surface area contributed by atoms with Crippen LogP contribution in [0.25, 0.3) is 0 Å². The zero-order valence-corrected chi connectivity index (χ0v) is 14.7. The molecule has 8 heteroatoms. The maximum absolute atomic E-state index is 13.2. The van der Waals surface area contributed by atoms with E-state index in [4.69, 9.17) is 4.74 Å². The van der Waals surface area contributed by atoms with Crippen LogP contribution < -0.4 is 10.1 Å². The van der Waals surface area contributed by atoms with Crippen LogP contribution in [-0.4, -0.2) is 55.0 Å². The van der Waals surface area contributed by atoms with Crippen LogP contribution in [0.3, 0.4) is 0 Å². The first-order valence-corrected chi connectivity index (χ1v) is 8.42. The second-order valence-corrected chi connectivity index (χ2v) is 6.06. The molecule has 0 atom stereocenters. The van der Waals surface area contributed by atoms with Crippen molar-refractivity contribution in [2.75, 3.05) is 38.6 Å². The number of nitrogens with one attached hydrogen (secondary N) is 1. The predicted molar refractivity (Wildman–Crippen MR) is 95.8 cm³/mol. The number of rotatable bonds is 3. The van der Waals surface area contributed by atoms with E-state index < -0.39 is 11.6 Å². The van der Waals surface area contributed by atoms with Crippen molar-refractivity contribution in [1.82, 2.24) is 9.80 Å². The fourth-order valence-corrected chi connectivity index (χ4v) is 2.85. The minimum absolute atomic E-state index is 0.199. The van der Waals surface area contributed by atoms with Gasteiger partial charge in [0.25, 0.3) is 5.91 Å². The van der Waals surface area contributed by atoms with Crippen LogP contribution in [0.5, 0.6) is 5.75 Å². The van der Waals surface area contributed by atoms with Gasteiger partial charge in [-0.15, -0.1) is 0 Å². The van der Waals surface area contributed by atoms with Crippen LogP contribution >= 0.6 is 0 Å². The fourth-order valence-electron chi connectivity index (χ4n) is 2.85. The number of methoxy groups -OCH3 is 1. The molecule has 1 N–H and O–H groups in total. The number of hydrogen-bond acceptors (Lipinski definition) is 3. The summed E-state index contributed by atoms with van der Waals surface area (Å²) in [5.41, 5.74) is 0.777. The van der Waals surface area contributed by atoms with Gasteiger partial charge in [-0.05, 0) is 36.4 Å². The molecule has 0 aliphatic carbocycles. The number of urea groups is 1. The molecular formula is C19H19F2N3O3. The molecule has 2 aromatic carbocycles. The third kappa shape index (κ3) is 4.33. The number of carbonyl (C=O) groups is 2. The summed E-state index contributed by atoms with van der Waals surface area (Å²) in [5.74, 6) is -0.828. The molecule has 3 rings (SSSR count). The lowest BCUT2D eigenvalue weighted by Crippen LogP contribution is -2.51. The van der Waals surface area contributed by atoms with E-state index in [0.717, 1.165) is 0 Å². The van der Waals surface area contributed by atoms with Crippen LogP contribution in [0.2, 0.25) is 0 Å². The minimum Gasteiger partial charge on any atom is -0.494 e. The lowest BCUT2D eigenvalue weighted by Gasteiger charge is -2.34. The Labute approximate surface area is 155 Å². The smallest absolute Gasteiger partial charge is 0.322 e. The molecule has 142 valence electrons. The predicted octanol–water partition coefficient (Wildman–Crippen LogP) is 2.96. The highest BCUT2D eigenvalue weighted by Crippen LogP contribution is 2.25. The van der Waals surface area contributed by atoms with Crippen LogP contribution in [-0.2, 0) is 0 Å². The molecular weight excluding hydrogens is 356 g/mol. The third-order valence-corrected chi connectivity index (χ3v) is 4.35. The summed E-state index contributed by atoms with van der Waals surface area (Å²) in [4.78, 5) is 28.0. The van der Waals surface area contributed by atoms with Gasteiger partial charge < -0.3 is 19.9 Å². The molecule has 0 aromatic heterocycles. The summed E-state index contributed by atoms with van der Waals surface area (Å²) in [6, 6.07) is 8.87. The first kappa shape index (κ1) is 18.6. The zero-order chi connectivity index (χ0) is 19.4. The summed E-state index contributed by atoms with van der Waals surface area (Å²) >= 11 is 0. The van der Waals surface area contributed by atoms with E-state index >= 15 is 0 Å². The van der Waals surface area contributed by atoms with E-state index in [1.165, 1.54) is 49.6 Å². The molecule has 2 aromatic rings. The lowest BCUT2D eigenvalue weighted by atomic mass is 10.2. The standard InChI is InChI=1S/C19H19F2N3O3/c1-27-17-12-15(21)6-7-16(17)22-19(26)24-10-8-23(9-11-24)18(25)13-2-4-14(20)5-3-13/h2-7,12H,8-11H2,1H3,(H,22,26). The molecule has 1 heterocycles. The van der Waals surface area contributed by atoms with Gasteiger partial charge in [0, 0.05) is 37.8 Å². The van der Waals surface area contributed by atoms with E-state index in [-0.39, 0.29) is 17.7 Å². The van der Waals surface area contributed by atoms with Gasteiger partial charge >= 0.3 is 6.03 Å². The van der Waals surface area contributed by atoms with Crippen molar-refractivity contribution in [1.29, 1.82) is 0 Å². The number of anilines is 1. The number of amides is 3. The summed E-state index contributed by atoms with van der Waals surface area (Å²) in [7, 11) is 1.39. The van der Waals surface area contributed by atoms with Gasteiger partial charge in [0.1, 0.15) is 17.4 Å². The Morgan fingerprint density at radius 3 is 2.15 bits per heavy atom. The maximum Gasteiger partial charge on any atom is 0.322 e. The SMILES string of the molecule is COc1cc(F)ccc1NC(=O)N1CCN(C(=O)c2ccc(F)cc2)CC1. The molecule has 1 saturated heterocycles. The van der Waals surface area contributed by atoms with E-state index in [1.807, 2.05) is 0 Å². The summed E-state index contributed by atoms with van der Waals surface area (Å²) < 4.78 is 31.3. The number of piperazine rings is 1. The molecule has 0 unspecified atom stereocenters. The molecule has 1 aliphatic rings. The van der Waals surface area contributed by atoms with Gasteiger partial charge in [-0.3, -0.25) is 4.79 Å². The fraction of sp³-hybridized carbons (Fsp3) is 0.263. The number of carbonyl (C=O) groups excluding carboxylic acids is 2. The summed E-state index contributed by atoms with van der Waals surface area (Å²) in [5, 5.41) is 2.69. The van der Waals surface area contributed by atoms with Crippen LogP contribution in [0.15, 0.2) is 42.5 Å². The molecule has 1 aliphatic heterocycles. The van der Waals surface area contributed by atoms with E-state index in [0.29, 0.717) is 37.4 Å². The van der Waals surface area contributed by atoms with Crippen molar-refractivity contribution < 1.29 is 23.1 Å². The molecule has 1 fully saturated rings. The Hall–Kier alpha value is -3.16. The Balaban J connectivity index is 1.58. The van der Waals surface area contributed by atoms with Gasteiger partial charge in [0.15, 0.2) is 0 Å². The first-order valence-electron chi connectivity index (χ1n) is 8.42. The molecule has 0 bridgehead atoms. The molecule has 0 spiro atoms. The molecule has 3 amide bonds. The molecule has 6 nitrogen and oxygen atoms in total. The van der Waals surface area contributed by atoms with Crippen molar-refractivity contribution >= 4 is 17.6 Å². The van der Waals surface area contributed by atoms with Gasteiger partial charge in [-0.2, -0.15) is 0 Å². The largest absolute Gasteiger partial charge is 0.494 e. The molecule has 0 radical (unpaired) electrons. The number of benzene rings is 2. The Morgan fingerprint density at radius 1 is 0.926 bits per heavy atom. The van der Waals surface area contributed by atoms with Crippen molar-refractivity contribution in [3.8, 4) is 5.75 Å². The number of nitrogens with zero attached hydrogens (tertiary/aromatic N) is 2. The van der Waals surface area contributed by atoms with Crippen LogP contribution in [0.4, 0.5) is 19.3 Å². The zero-order valence-electron chi connectivity index (χ0n) is 14.7. The van der Waals surface area contributed by atoms with Gasteiger partial charge in [-0.1, -0.05) is 0 Å². The van der Waals surface area contributed by atoms with Crippen molar-refractivity contribution in [3.63, 3.8) is 0 Å². The molecule has 0 saturated carbocycles. The Bertz CT molecular complexity index is 835. The molecule has 27 heavy (non-hydrogen) atoms. The Morgan fingerprint density at radius 2 is 1.52 bits per heavy atom. The number of hydrogen-bond donors (Lipinski definition) is 1. The first-order chi connectivity index (χ1) is 13.0. The highest BCUT2D eigenvalue weighted by molar-refractivity contribution is 5.95. The highest BCUT2D eigenvalue weighted by Gasteiger charge is 2.25. The second-order valence-electron chi connectivity index (χ2n) is 6.06. The topological polar surface area (TPSA) is 61.9 Å². The van der Waals surface area contributed by atoms with E-state index in [2.05, 4.69) is 5.32 Å². The monoisotopic (exact) mass is 375 g/mol. The highest BCUT2D eigenvalue weighted by atomic mass is 19.1. The van der Waals surface area contributed by atoms with Gasteiger partial charge in [-0.25, -0.2) is 13.6 Å². The quantitative estimate of drug-likeness (QED) is 0.897. The summed E-state index contributed by atoms with van der Waals surface area (Å²) in [6.07, 6.45) is 0. The average molecular weight is 375 g/mol. The normalized spacial score (nSPS) is 14.0. The third-order valence-electron chi connectivity index (χ3n) is 4.35. The van der Waals surface area contributed by atoms with Gasteiger partial charge in [0.05, 0.1) is 12.8 Å². The van der Waals surface area contributed by atoms with Gasteiger partial charge in [0.2, 0.25) is 0 Å². The van der Waals surface area contributed by atoms with Crippen LogP contribution in [0.1, 0.15) is 10.4 Å². The van der Waals surface area contributed by atoms with Crippen molar-refractivity contribution in [3.05, 3.63) is 59.7 Å².